The highest BCUT2D eigenvalue weighted by Gasteiger charge is 2.15. The van der Waals surface area contributed by atoms with Crippen LogP contribution in [0.15, 0.2) is 164 Å². The van der Waals surface area contributed by atoms with Gasteiger partial charge in [-0.15, -0.1) is 34.0 Å². The van der Waals surface area contributed by atoms with Crippen LogP contribution in [0.2, 0.25) is 0 Å². The number of rotatable bonds is 5. The number of anilines is 3. The average Bonchev–Trinajstić information content (AvgIpc) is 3.82. The molecule has 0 N–H and O–H groups in total. The van der Waals surface area contributed by atoms with Crippen LogP contribution in [0.4, 0.5) is 17.1 Å². The Morgan fingerprint density at radius 2 is 0.771 bits per heavy atom. The summed E-state index contributed by atoms with van der Waals surface area (Å²) in [5, 5.41) is 5.39. The fourth-order valence-corrected chi connectivity index (χ4v) is 10.7. The zero-order valence-electron chi connectivity index (χ0n) is 25.8. The van der Waals surface area contributed by atoms with Crippen LogP contribution in [0.25, 0.3) is 72.0 Å². The van der Waals surface area contributed by atoms with Gasteiger partial charge in [0, 0.05) is 57.4 Å². The van der Waals surface area contributed by atoms with E-state index in [1.807, 2.05) is 34.0 Å². The lowest BCUT2D eigenvalue weighted by molar-refractivity contribution is 1.28. The molecule has 3 aromatic heterocycles. The minimum Gasteiger partial charge on any atom is -0.311 e. The van der Waals surface area contributed by atoms with Crippen molar-refractivity contribution in [1.82, 2.24) is 0 Å². The molecule has 0 saturated carbocycles. The molecule has 1 nitrogen and oxygen atoms in total. The lowest BCUT2D eigenvalue weighted by Gasteiger charge is -2.26. The van der Waals surface area contributed by atoms with Gasteiger partial charge in [-0.3, -0.25) is 0 Å². The first kappa shape index (κ1) is 27.8. The molecule has 7 aromatic carbocycles. The van der Waals surface area contributed by atoms with Crippen molar-refractivity contribution in [2.75, 3.05) is 4.90 Å². The van der Waals surface area contributed by atoms with Gasteiger partial charge >= 0.3 is 0 Å². The summed E-state index contributed by atoms with van der Waals surface area (Å²) in [6.07, 6.45) is 0. The first-order valence-electron chi connectivity index (χ1n) is 16.1. The molecule has 0 radical (unpaired) electrons. The molecule has 10 aromatic rings. The van der Waals surface area contributed by atoms with Gasteiger partial charge in [-0.05, 0) is 89.0 Å². The summed E-state index contributed by atoms with van der Waals surface area (Å²) in [6, 6.07) is 59.9. The molecule has 0 spiro atoms. The van der Waals surface area contributed by atoms with Crippen molar-refractivity contribution in [3.63, 3.8) is 0 Å². The third-order valence-electron chi connectivity index (χ3n) is 9.30. The highest BCUT2D eigenvalue weighted by molar-refractivity contribution is 7.36. The summed E-state index contributed by atoms with van der Waals surface area (Å²) in [5.74, 6) is 0. The topological polar surface area (TPSA) is 3.24 Å². The average molecular weight is 666 g/mol. The second-order valence-corrected chi connectivity index (χ2v) is 15.3. The summed E-state index contributed by atoms with van der Waals surface area (Å²) in [5.41, 5.74) is 8.33. The number of fused-ring (bicyclic) bond motifs is 8. The highest BCUT2D eigenvalue weighted by atomic mass is 32.1. The van der Waals surface area contributed by atoms with Crippen molar-refractivity contribution in [3.05, 3.63) is 164 Å². The minimum absolute atomic E-state index is 1.13. The van der Waals surface area contributed by atoms with E-state index in [1.165, 1.54) is 72.0 Å². The Labute approximate surface area is 290 Å². The van der Waals surface area contributed by atoms with Gasteiger partial charge in [-0.2, -0.15) is 0 Å². The van der Waals surface area contributed by atoms with E-state index in [4.69, 9.17) is 0 Å². The minimum atomic E-state index is 1.13. The van der Waals surface area contributed by atoms with Gasteiger partial charge in [0.2, 0.25) is 0 Å². The molecular weight excluding hydrogens is 639 g/mol. The Balaban J connectivity index is 0.992. The van der Waals surface area contributed by atoms with E-state index in [0.717, 1.165) is 17.1 Å². The zero-order valence-corrected chi connectivity index (χ0v) is 28.2. The molecule has 0 saturated heterocycles. The number of nitrogens with zero attached hydrogens (tertiary/aromatic N) is 1. The van der Waals surface area contributed by atoms with E-state index in [1.54, 1.807) is 0 Å². The largest absolute Gasteiger partial charge is 0.311 e. The maximum absolute atomic E-state index is 2.36. The normalized spacial score (nSPS) is 11.8. The Kier molecular flexibility index (Phi) is 6.48. The summed E-state index contributed by atoms with van der Waals surface area (Å²) in [6.45, 7) is 0. The third kappa shape index (κ3) is 4.56. The van der Waals surface area contributed by atoms with Crippen LogP contribution in [0.3, 0.4) is 0 Å². The summed E-state index contributed by atoms with van der Waals surface area (Å²) in [4.78, 5) is 2.34. The van der Waals surface area contributed by atoms with Crippen molar-refractivity contribution in [3.8, 4) is 22.3 Å². The Morgan fingerprint density at radius 3 is 1.48 bits per heavy atom. The van der Waals surface area contributed by atoms with Gasteiger partial charge < -0.3 is 4.90 Å². The van der Waals surface area contributed by atoms with Gasteiger partial charge in [0.15, 0.2) is 0 Å². The fraction of sp³-hybridized carbons (Fsp3) is 0. The lowest BCUT2D eigenvalue weighted by atomic mass is 10.0. The standard InChI is InChI=1S/C44H27NS3/c1-2-8-32(9-3-1)45(33-20-14-28(15-21-33)30-19-25-41-38(26-30)35-10-4-6-12-39(35)46-41)34-22-16-29(17-23-34)31-18-24-37-42(27-31)48-43-36-11-5-7-13-40(36)47-44(37)43/h1-27H. The number of para-hydroxylation sites is 1. The molecule has 10 rings (SSSR count). The lowest BCUT2D eigenvalue weighted by Crippen LogP contribution is -2.09. The van der Waals surface area contributed by atoms with E-state index in [9.17, 15) is 0 Å². The van der Waals surface area contributed by atoms with Crippen LogP contribution < -0.4 is 4.90 Å². The second-order valence-electron chi connectivity index (χ2n) is 12.1. The monoisotopic (exact) mass is 665 g/mol. The number of hydrogen-bond acceptors (Lipinski definition) is 4. The molecule has 226 valence electrons. The third-order valence-corrected chi connectivity index (χ3v) is 13.0. The molecule has 0 aliphatic heterocycles. The van der Waals surface area contributed by atoms with Crippen LogP contribution in [0, 0.1) is 0 Å². The van der Waals surface area contributed by atoms with Crippen molar-refractivity contribution >= 4 is 101 Å². The van der Waals surface area contributed by atoms with Crippen LogP contribution in [0.1, 0.15) is 0 Å². The van der Waals surface area contributed by atoms with Crippen LogP contribution in [-0.2, 0) is 0 Å². The second kappa shape index (κ2) is 11.2. The number of hydrogen-bond donors (Lipinski definition) is 0. The van der Waals surface area contributed by atoms with Crippen molar-refractivity contribution in [2.24, 2.45) is 0 Å². The van der Waals surface area contributed by atoms with E-state index in [2.05, 4.69) is 169 Å². The van der Waals surface area contributed by atoms with Gasteiger partial charge in [0.25, 0.3) is 0 Å². The molecule has 0 unspecified atom stereocenters. The Morgan fingerprint density at radius 1 is 0.292 bits per heavy atom. The SMILES string of the molecule is c1ccc(N(c2ccc(-c3ccc4c(c3)sc3c5ccccc5sc43)cc2)c2ccc(-c3ccc4sc5ccccc5c4c3)cc2)cc1. The van der Waals surface area contributed by atoms with E-state index < -0.39 is 0 Å². The molecule has 0 aliphatic carbocycles. The van der Waals surface area contributed by atoms with Gasteiger partial charge in [-0.25, -0.2) is 0 Å². The molecule has 0 fully saturated rings. The maximum Gasteiger partial charge on any atom is 0.0542 e. The van der Waals surface area contributed by atoms with Gasteiger partial charge in [-0.1, -0.05) is 97.1 Å². The molecule has 48 heavy (non-hydrogen) atoms. The predicted molar refractivity (Wildman–Crippen MR) is 213 cm³/mol. The quantitative estimate of drug-likeness (QED) is 0.177. The van der Waals surface area contributed by atoms with E-state index >= 15 is 0 Å². The van der Waals surface area contributed by atoms with Crippen LogP contribution >= 0.6 is 34.0 Å². The van der Waals surface area contributed by atoms with Gasteiger partial charge in [0.05, 0.1) is 9.40 Å². The molecule has 0 amide bonds. The summed E-state index contributed by atoms with van der Waals surface area (Å²) in [7, 11) is 0. The summed E-state index contributed by atoms with van der Waals surface area (Å²) >= 11 is 5.68. The first-order valence-corrected chi connectivity index (χ1v) is 18.5. The molecule has 0 aliphatic rings. The molecule has 0 bridgehead atoms. The molecular formula is C44H27NS3. The summed E-state index contributed by atoms with van der Waals surface area (Å²) < 4.78 is 8.20. The van der Waals surface area contributed by atoms with E-state index in [0.29, 0.717) is 0 Å². The molecule has 3 heterocycles. The first-order chi connectivity index (χ1) is 23.8. The maximum atomic E-state index is 2.36. The fourth-order valence-electron chi connectivity index (χ4n) is 6.92. The Bertz CT molecular complexity index is 2770. The van der Waals surface area contributed by atoms with Crippen LogP contribution in [0.5, 0.6) is 0 Å². The Hall–Kier alpha value is -5.26. The highest BCUT2D eigenvalue weighted by Crippen LogP contribution is 2.45. The predicted octanol–water partition coefficient (Wildman–Crippen LogP) is 14.4. The van der Waals surface area contributed by atoms with Crippen molar-refractivity contribution in [1.29, 1.82) is 0 Å². The van der Waals surface area contributed by atoms with Crippen molar-refractivity contribution < 1.29 is 0 Å². The smallest absolute Gasteiger partial charge is 0.0542 e. The number of benzene rings is 7. The van der Waals surface area contributed by atoms with E-state index in [-0.39, 0.29) is 0 Å². The van der Waals surface area contributed by atoms with Gasteiger partial charge in [0.1, 0.15) is 0 Å². The molecule has 4 heteroatoms. The van der Waals surface area contributed by atoms with Crippen LogP contribution in [-0.4, -0.2) is 0 Å². The van der Waals surface area contributed by atoms with Crippen molar-refractivity contribution in [2.45, 2.75) is 0 Å². The molecule has 0 atom stereocenters. The number of thiophene rings is 3. The zero-order chi connectivity index (χ0) is 31.6.